The molecule has 0 saturated carbocycles. The van der Waals surface area contributed by atoms with Crippen molar-refractivity contribution in [3.63, 3.8) is 0 Å². The van der Waals surface area contributed by atoms with Crippen LogP contribution in [-0.4, -0.2) is 11.7 Å². The Bertz CT molecular complexity index is 658. The van der Waals surface area contributed by atoms with Gasteiger partial charge in [-0.2, -0.15) is 0 Å². The van der Waals surface area contributed by atoms with Gasteiger partial charge in [0.15, 0.2) is 0 Å². The largest absolute Gasteiger partial charge is 0.507 e. The molecular weight excluding hydrogens is 320 g/mol. The molecule has 0 fully saturated rings. The highest BCUT2D eigenvalue weighted by Gasteiger charge is 2.06. The lowest BCUT2D eigenvalue weighted by Crippen LogP contribution is -1.92. The molecule has 0 atom stereocenters. The van der Waals surface area contributed by atoms with Gasteiger partial charge in [0, 0.05) is 11.6 Å². The number of aromatic hydroxyl groups is 1. The van der Waals surface area contributed by atoms with Gasteiger partial charge in [-0.25, -0.2) is 0 Å². The molecule has 2 aromatic carbocycles. The van der Waals surface area contributed by atoms with Crippen LogP contribution in [0.25, 0.3) is 11.1 Å². The Morgan fingerprint density at radius 3 is 2.27 bits per heavy atom. The van der Waals surface area contributed by atoms with Crippen LogP contribution in [0.2, 0.25) is 0 Å². The second kappa shape index (κ2) is 11.4. The molecule has 0 saturated heterocycles. The molecule has 2 aromatic rings. The van der Waals surface area contributed by atoms with Crippen LogP contribution in [-0.2, 0) is 6.42 Å². The van der Waals surface area contributed by atoms with Gasteiger partial charge in [-0.1, -0.05) is 82.4 Å². The summed E-state index contributed by atoms with van der Waals surface area (Å²) in [4.78, 5) is 0. The van der Waals surface area contributed by atoms with Gasteiger partial charge in [0.25, 0.3) is 0 Å². The Balaban J connectivity index is 1.84. The minimum atomic E-state index is 0.242. The molecule has 0 aliphatic heterocycles. The fourth-order valence-corrected chi connectivity index (χ4v) is 3.14. The predicted molar refractivity (Wildman–Crippen MR) is 111 cm³/mol. The van der Waals surface area contributed by atoms with E-state index in [4.69, 9.17) is 4.74 Å². The molecule has 0 amide bonds. The molecule has 0 aliphatic carbocycles. The van der Waals surface area contributed by atoms with Crippen LogP contribution in [0.15, 0.2) is 55.1 Å². The number of ether oxygens (including phenoxy) is 1. The van der Waals surface area contributed by atoms with E-state index in [1.807, 2.05) is 12.1 Å². The Morgan fingerprint density at radius 2 is 1.62 bits per heavy atom. The molecule has 0 radical (unpaired) electrons. The van der Waals surface area contributed by atoms with Gasteiger partial charge >= 0.3 is 0 Å². The van der Waals surface area contributed by atoms with Crippen LogP contribution < -0.4 is 4.74 Å². The monoisotopic (exact) mass is 352 g/mol. The molecular formula is C24H32O2. The van der Waals surface area contributed by atoms with Crippen molar-refractivity contribution < 1.29 is 9.84 Å². The third-order valence-corrected chi connectivity index (χ3v) is 4.67. The zero-order valence-electron chi connectivity index (χ0n) is 16.0. The zero-order chi connectivity index (χ0) is 18.6. The smallest absolute Gasteiger partial charge is 0.127 e. The molecule has 2 heteroatoms. The summed E-state index contributed by atoms with van der Waals surface area (Å²) in [6.45, 7) is 6.32. The summed E-state index contributed by atoms with van der Waals surface area (Å²) in [7, 11) is 0. The maximum atomic E-state index is 10.3. The average Bonchev–Trinajstić information content (AvgIpc) is 2.66. The number of hydrogen-bond acceptors (Lipinski definition) is 2. The molecule has 0 aromatic heterocycles. The normalized spacial score (nSPS) is 10.7. The number of rotatable bonds is 12. The van der Waals surface area contributed by atoms with Gasteiger partial charge in [-0.3, -0.25) is 0 Å². The molecule has 0 heterocycles. The Hall–Kier alpha value is -2.22. The molecule has 0 bridgehead atoms. The summed E-state index contributed by atoms with van der Waals surface area (Å²) in [5.74, 6) is 0.896. The summed E-state index contributed by atoms with van der Waals surface area (Å²) in [6.07, 6.45) is 12.2. The van der Waals surface area contributed by atoms with E-state index in [9.17, 15) is 5.11 Å². The molecule has 0 unspecified atom stereocenters. The lowest BCUT2D eigenvalue weighted by atomic mass is 10.00. The minimum absolute atomic E-state index is 0.242. The highest BCUT2D eigenvalue weighted by molar-refractivity contribution is 5.71. The Labute approximate surface area is 158 Å². The Kier molecular flexibility index (Phi) is 8.82. The summed E-state index contributed by atoms with van der Waals surface area (Å²) in [6, 6.07) is 14.0. The third-order valence-electron chi connectivity index (χ3n) is 4.67. The van der Waals surface area contributed by atoms with Crippen molar-refractivity contribution in [2.45, 2.75) is 58.3 Å². The van der Waals surface area contributed by atoms with Crippen LogP contribution >= 0.6 is 0 Å². The lowest BCUT2D eigenvalue weighted by molar-refractivity contribution is 0.360. The van der Waals surface area contributed by atoms with Crippen molar-refractivity contribution in [1.29, 1.82) is 0 Å². The van der Waals surface area contributed by atoms with E-state index < -0.39 is 0 Å². The molecule has 2 nitrogen and oxygen atoms in total. The minimum Gasteiger partial charge on any atom is -0.507 e. The van der Waals surface area contributed by atoms with Crippen LogP contribution in [0.3, 0.4) is 0 Å². The summed E-state index contributed by atoms with van der Waals surface area (Å²) in [5.41, 5.74) is 3.23. The van der Waals surface area contributed by atoms with E-state index in [-0.39, 0.29) is 5.75 Å². The zero-order valence-corrected chi connectivity index (χ0v) is 16.0. The summed E-state index contributed by atoms with van der Waals surface area (Å²) >= 11 is 0. The van der Waals surface area contributed by atoms with Gasteiger partial charge in [-0.05, 0) is 36.1 Å². The van der Waals surface area contributed by atoms with Gasteiger partial charge in [0.1, 0.15) is 18.1 Å². The molecule has 26 heavy (non-hydrogen) atoms. The van der Waals surface area contributed by atoms with Gasteiger partial charge in [0.05, 0.1) is 0 Å². The quantitative estimate of drug-likeness (QED) is 0.332. The van der Waals surface area contributed by atoms with E-state index in [1.165, 1.54) is 50.5 Å². The average molecular weight is 353 g/mol. The van der Waals surface area contributed by atoms with Crippen molar-refractivity contribution >= 4 is 0 Å². The Morgan fingerprint density at radius 1 is 0.923 bits per heavy atom. The first-order chi connectivity index (χ1) is 12.7. The first kappa shape index (κ1) is 20.1. The van der Waals surface area contributed by atoms with Crippen molar-refractivity contribution in [2.75, 3.05) is 6.61 Å². The van der Waals surface area contributed by atoms with Crippen molar-refractivity contribution in [3.05, 3.63) is 60.7 Å². The van der Waals surface area contributed by atoms with Gasteiger partial charge in [0.2, 0.25) is 0 Å². The van der Waals surface area contributed by atoms with Crippen molar-refractivity contribution in [3.8, 4) is 22.6 Å². The number of phenols is 1. The number of benzene rings is 2. The van der Waals surface area contributed by atoms with Crippen LogP contribution in [0.4, 0.5) is 0 Å². The van der Waals surface area contributed by atoms with Gasteiger partial charge in [-0.15, -0.1) is 0 Å². The van der Waals surface area contributed by atoms with E-state index >= 15 is 0 Å². The first-order valence-electron chi connectivity index (χ1n) is 9.90. The molecule has 0 spiro atoms. The van der Waals surface area contributed by atoms with Crippen molar-refractivity contribution in [1.82, 2.24) is 0 Å². The fourth-order valence-electron chi connectivity index (χ4n) is 3.14. The van der Waals surface area contributed by atoms with Crippen molar-refractivity contribution in [2.24, 2.45) is 0 Å². The highest BCUT2D eigenvalue weighted by atomic mass is 16.5. The van der Waals surface area contributed by atoms with E-state index in [2.05, 4.69) is 37.8 Å². The lowest BCUT2D eigenvalue weighted by Gasteiger charge is -2.09. The summed E-state index contributed by atoms with van der Waals surface area (Å²) < 4.78 is 5.45. The topological polar surface area (TPSA) is 29.5 Å². The standard InChI is InChI=1S/C24H32O2/c1-3-5-6-7-8-9-10-11-20-12-14-21(15-13-20)23-17-16-22(19-24(23)25)26-18-4-2/h4,12-17,19,25H,2-3,5-11,18H2,1H3. The van der Waals surface area contributed by atoms with E-state index in [0.29, 0.717) is 12.4 Å². The van der Waals surface area contributed by atoms with Gasteiger partial charge < -0.3 is 9.84 Å². The third kappa shape index (κ3) is 6.59. The SMILES string of the molecule is C=CCOc1ccc(-c2ccc(CCCCCCCCC)cc2)c(O)c1. The summed E-state index contributed by atoms with van der Waals surface area (Å²) in [5, 5.41) is 10.3. The van der Waals surface area contributed by atoms with Crippen LogP contribution in [0, 0.1) is 0 Å². The van der Waals surface area contributed by atoms with Crippen LogP contribution in [0.1, 0.15) is 57.4 Å². The fraction of sp³-hybridized carbons (Fsp3) is 0.417. The second-order valence-electron chi connectivity index (χ2n) is 6.85. The molecule has 2 rings (SSSR count). The van der Waals surface area contributed by atoms with Crippen LogP contribution in [0.5, 0.6) is 11.5 Å². The maximum Gasteiger partial charge on any atom is 0.127 e. The first-order valence-corrected chi connectivity index (χ1v) is 9.90. The van der Waals surface area contributed by atoms with E-state index in [1.54, 1.807) is 12.1 Å². The molecule has 140 valence electrons. The second-order valence-corrected chi connectivity index (χ2v) is 6.85. The molecule has 1 N–H and O–H groups in total. The highest BCUT2D eigenvalue weighted by Crippen LogP contribution is 2.32. The number of unbranched alkanes of at least 4 members (excludes halogenated alkanes) is 6. The number of hydrogen-bond donors (Lipinski definition) is 1. The predicted octanol–water partition coefficient (Wildman–Crippen LogP) is 6.92. The number of aryl methyl sites for hydroxylation is 1. The number of phenolic OH excluding ortho intramolecular Hbond substituents is 1. The maximum absolute atomic E-state index is 10.3. The van der Waals surface area contributed by atoms with E-state index in [0.717, 1.165) is 17.5 Å². The molecule has 0 aliphatic rings.